The molecule has 0 amide bonds. The van der Waals surface area contributed by atoms with Crippen molar-refractivity contribution in [3.8, 4) is 0 Å². The van der Waals surface area contributed by atoms with Crippen molar-refractivity contribution in [2.45, 2.75) is 13.8 Å². The lowest BCUT2D eigenvalue weighted by molar-refractivity contribution is 0.619. The molecule has 100 valence electrons. The van der Waals surface area contributed by atoms with Crippen LogP contribution in [0.15, 0.2) is 48.5 Å². The van der Waals surface area contributed by atoms with Gasteiger partial charge < -0.3 is 5.32 Å². The molecule has 0 fully saturated rings. The summed E-state index contributed by atoms with van der Waals surface area (Å²) in [5, 5.41) is 4.30. The van der Waals surface area contributed by atoms with Crippen LogP contribution in [-0.4, -0.2) is 4.98 Å². The second-order valence-electron chi connectivity index (χ2n) is 4.92. The van der Waals surface area contributed by atoms with E-state index in [2.05, 4.69) is 10.3 Å². The fraction of sp³-hybridized carbons (Fsp3) is 0.118. The van der Waals surface area contributed by atoms with Gasteiger partial charge in [0.05, 0.1) is 5.52 Å². The van der Waals surface area contributed by atoms with E-state index >= 15 is 0 Å². The van der Waals surface area contributed by atoms with E-state index in [1.165, 1.54) is 6.07 Å². The molecule has 0 saturated carbocycles. The Morgan fingerprint density at radius 2 is 1.80 bits per heavy atom. The summed E-state index contributed by atoms with van der Waals surface area (Å²) in [4.78, 5) is 4.50. The zero-order chi connectivity index (χ0) is 14.1. The number of hydrogen-bond donors (Lipinski definition) is 1. The van der Waals surface area contributed by atoms with E-state index in [9.17, 15) is 4.39 Å². The smallest absolute Gasteiger partial charge is 0.128 e. The highest BCUT2D eigenvalue weighted by atomic mass is 19.1. The summed E-state index contributed by atoms with van der Waals surface area (Å²) in [6.07, 6.45) is 0. The predicted molar refractivity (Wildman–Crippen MR) is 80.9 cm³/mol. The molecule has 0 spiro atoms. The van der Waals surface area contributed by atoms with Gasteiger partial charge in [-0.3, -0.25) is 4.98 Å². The van der Waals surface area contributed by atoms with Crippen molar-refractivity contribution in [3.05, 3.63) is 65.6 Å². The van der Waals surface area contributed by atoms with Crippen LogP contribution < -0.4 is 5.32 Å². The van der Waals surface area contributed by atoms with Crippen LogP contribution in [0.2, 0.25) is 0 Å². The lowest BCUT2D eigenvalue weighted by Gasteiger charge is -2.11. The zero-order valence-electron chi connectivity index (χ0n) is 11.4. The number of nitrogens with zero attached hydrogens (tertiary/aromatic N) is 1. The Balaban J connectivity index is 2.07. The number of para-hydroxylation sites is 1. The van der Waals surface area contributed by atoms with Crippen LogP contribution in [0.1, 0.15) is 11.3 Å². The molecule has 0 atom stereocenters. The Labute approximate surface area is 117 Å². The summed E-state index contributed by atoms with van der Waals surface area (Å²) < 4.78 is 13.6. The van der Waals surface area contributed by atoms with E-state index in [0.717, 1.165) is 28.0 Å². The monoisotopic (exact) mass is 266 g/mol. The van der Waals surface area contributed by atoms with Gasteiger partial charge in [-0.15, -0.1) is 0 Å². The van der Waals surface area contributed by atoms with Crippen LogP contribution in [0.4, 0.5) is 15.8 Å². The van der Waals surface area contributed by atoms with Crippen LogP contribution in [0, 0.1) is 19.7 Å². The minimum absolute atomic E-state index is 0.204. The number of halogens is 1. The maximum atomic E-state index is 13.6. The van der Waals surface area contributed by atoms with Gasteiger partial charge in [0.15, 0.2) is 0 Å². The van der Waals surface area contributed by atoms with Gasteiger partial charge in [0, 0.05) is 22.5 Å². The number of benzene rings is 2. The highest BCUT2D eigenvalue weighted by Gasteiger charge is 2.05. The average molecular weight is 266 g/mol. The highest BCUT2D eigenvalue weighted by molar-refractivity contribution is 5.93. The van der Waals surface area contributed by atoms with E-state index in [-0.39, 0.29) is 5.82 Å². The Hall–Kier alpha value is -2.42. The molecular weight excluding hydrogens is 251 g/mol. The van der Waals surface area contributed by atoms with Gasteiger partial charge in [0.25, 0.3) is 0 Å². The van der Waals surface area contributed by atoms with Crippen LogP contribution in [-0.2, 0) is 0 Å². The van der Waals surface area contributed by atoms with Crippen LogP contribution >= 0.6 is 0 Å². The van der Waals surface area contributed by atoms with Gasteiger partial charge in [-0.1, -0.05) is 24.3 Å². The first-order valence-corrected chi connectivity index (χ1v) is 6.53. The normalized spacial score (nSPS) is 10.8. The number of aromatic nitrogens is 1. The lowest BCUT2D eigenvalue weighted by Crippen LogP contribution is -1.95. The Bertz CT molecular complexity index is 781. The molecule has 0 aliphatic carbocycles. The fourth-order valence-electron chi connectivity index (χ4n) is 2.24. The molecular formula is C17H15FN2. The fourth-order valence-corrected chi connectivity index (χ4v) is 2.24. The molecule has 1 aromatic heterocycles. The van der Waals surface area contributed by atoms with E-state index in [4.69, 9.17) is 0 Å². The van der Waals surface area contributed by atoms with Gasteiger partial charge in [-0.25, -0.2) is 4.39 Å². The topological polar surface area (TPSA) is 24.9 Å². The van der Waals surface area contributed by atoms with Crippen molar-refractivity contribution in [3.63, 3.8) is 0 Å². The molecule has 3 aromatic rings. The number of anilines is 2. The molecule has 3 heteroatoms. The van der Waals surface area contributed by atoms with E-state index in [1.54, 1.807) is 13.0 Å². The minimum atomic E-state index is -0.204. The number of nitrogens with one attached hydrogen (secondary N) is 1. The standard InChI is InChI=1S/C17H15FN2/c1-11-7-8-13(10-15(11)18)20-17-9-12(2)19-16-6-4-3-5-14(16)17/h3-10H,1-2H3,(H,19,20). The number of aryl methyl sites for hydroxylation is 2. The number of fused-ring (bicyclic) bond motifs is 1. The summed E-state index contributed by atoms with van der Waals surface area (Å²) in [7, 11) is 0. The van der Waals surface area contributed by atoms with Crippen molar-refractivity contribution in [1.82, 2.24) is 4.98 Å². The predicted octanol–water partition coefficient (Wildman–Crippen LogP) is 4.73. The largest absolute Gasteiger partial charge is 0.355 e. The molecule has 0 aliphatic heterocycles. The zero-order valence-corrected chi connectivity index (χ0v) is 11.4. The SMILES string of the molecule is Cc1cc(Nc2ccc(C)c(F)c2)c2ccccc2n1. The highest BCUT2D eigenvalue weighted by Crippen LogP contribution is 2.27. The van der Waals surface area contributed by atoms with Gasteiger partial charge in [0.1, 0.15) is 5.82 Å². The third-order valence-corrected chi connectivity index (χ3v) is 3.30. The molecule has 0 bridgehead atoms. The van der Waals surface area contributed by atoms with Crippen molar-refractivity contribution in [2.75, 3.05) is 5.32 Å². The van der Waals surface area contributed by atoms with Crippen LogP contribution in [0.5, 0.6) is 0 Å². The molecule has 2 nitrogen and oxygen atoms in total. The molecule has 0 unspecified atom stereocenters. The van der Waals surface area contributed by atoms with Crippen molar-refractivity contribution >= 4 is 22.3 Å². The third kappa shape index (κ3) is 2.35. The molecule has 20 heavy (non-hydrogen) atoms. The van der Waals surface area contributed by atoms with Crippen LogP contribution in [0.25, 0.3) is 10.9 Å². The molecule has 0 radical (unpaired) electrons. The molecule has 3 rings (SSSR count). The third-order valence-electron chi connectivity index (χ3n) is 3.30. The number of hydrogen-bond acceptors (Lipinski definition) is 2. The molecule has 2 aromatic carbocycles. The minimum Gasteiger partial charge on any atom is -0.355 e. The average Bonchev–Trinajstić information content (AvgIpc) is 2.43. The van der Waals surface area contributed by atoms with E-state index in [1.807, 2.05) is 43.3 Å². The van der Waals surface area contributed by atoms with Crippen molar-refractivity contribution in [2.24, 2.45) is 0 Å². The molecule has 0 saturated heterocycles. The summed E-state index contributed by atoms with van der Waals surface area (Å²) in [6, 6.07) is 15.1. The number of rotatable bonds is 2. The summed E-state index contributed by atoms with van der Waals surface area (Å²) in [6.45, 7) is 3.71. The summed E-state index contributed by atoms with van der Waals surface area (Å²) in [5.74, 6) is -0.204. The first-order chi connectivity index (χ1) is 9.63. The second kappa shape index (κ2) is 4.93. The van der Waals surface area contributed by atoms with Gasteiger partial charge >= 0.3 is 0 Å². The van der Waals surface area contributed by atoms with Gasteiger partial charge in [-0.05, 0) is 43.7 Å². The maximum absolute atomic E-state index is 13.6. The van der Waals surface area contributed by atoms with Gasteiger partial charge in [-0.2, -0.15) is 0 Å². The first-order valence-electron chi connectivity index (χ1n) is 6.53. The Morgan fingerprint density at radius 3 is 2.60 bits per heavy atom. The van der Waals surface area contributed by atoms with Gasteiger partial charge in [0.2, 0.25) is 0 Å². The Morgan fingerprint density at radius 1 is 1.00 bits per heavy atom. The van der Waals surface area contributed by atoms with Crippen molar-refractivity contribution < 1.29 is 4.39 Å². The summed E-state index contributed by atoms with van der Waals surface area (Å²) >= 11 is 0. The van der Waals surface area contributed by atoms with Crippen molar-refractivity contribution in [1.29, 1.82) is 0 Å². The lowest BCUT2D eigenvalue weighted by atomic mass is 10.1. The molecule has 1 heterocycles. The molecule has 1 N–H and O–H groups in total. The Kier molecular flexibility index (Phi) is 3.11. The first kappa shape index (κ1) is 12.6. The van der Waals surface area contributed by atoms with E-state index in [0.29, 0.717) is 5.56 Å². The van der Waals surface area contributed by atoms with Crippen LogP contribution in [0.3, 0.4) is 0 Å². The molecule has 0 aliphatic rings. The van der Waals surface area contributed by atoms with E-state index < -0.39 is 0 Å². The quantitative estimate of drug-likeness (QED) is 0.725. The maximum Gasteiger partial charge on any atom is 0.128 e. The second-order valence-corrected chi connectivity index (χ2v) is 4.92. The number of pyridine rings is 1. The summed E-state index contributed by atoms with van der Waals surface area (Å²) in [5.41, 5.74) is 4.19.